The topological polar surface area (TPSA) is 106 Å². The molecule has 40 heavy (non-hydrogen) atoms. The molecule has 3 N–H and O–H groups in total. The molecule has 1 aliphatic carbocycles. The molecule has 8 heteroatoms. The Bertz CT molecular complexity index is 1330. The van der Waals surface area contributed by atoms with Crippen LogP contribution in [0.25, 0.3) is 22.2 Å². The summed E-state index contributed by atoms with van der Waals surface area (Å²) in [5, 5.41) is 23.2. The first kappa shape index (κ1) is 28.2. The standard InChI is InChI=1S/C32H40N4O4/c1-22(23-10-4-2-5-11-23)33-32(40)30-26-14-8-9-15-28(26)34-31(24-12-6-3-7-13-24)27(30)19-35-16-17-36(29(39)20-35)18-25(38)21-37/h3,6-9,12-15,22-23,25,37-38H,2,4-5,10-11,16-21H2,1H3,(H,33,40)/t22-,25?/m0/s1. The molecule has 2 heterocycles. The first-order valence-electron chi connectivity index (χ1n) is 14.5. The number of hydrogen-bond donors (Lipinski definition) is 3. The third kappa shape index (κ3) is 6.35. The number of carbonyl (C=O) groups is 2. The third-order valence-electron chi connectivity index (χ3n) is 8.40. The van der Waals surface area contributed by atoms with Gasteiger partial charge in [0.05, 0.1) is 36.0 Å². The fraction of sp³-hybridized carbons (Fsp3) is 0.469. The number of aliphatic hydroxyl groups is 2. The highest BCUT2D eigenvalue weighted by Gasteiger charge is 2.30. The van der Waals surface area contributed by atoms with Crippen LogP contribution in [-0.4, -0.2) is 81.7 Å². The summed E-state index contributed by atoms with van der Waals surface area (Å²) in [6.45, 7) is 3.44. The Morgan fingerprint density at radius 1 is 1.05 bits per heavy atom. The van der Waals surface area contributed by atoms with Crippen molar-refractivity contribution in [3.05, 3.63) is 65.7 Å². The van der Waals surface area contributed by atoms with E-state index in [0.717, 1.165) is 40.6 Å². The number of carbonyl (C=O) groups excluding carboxylic acids is 2. The number of nitrogens with one attached hydrogen (secondary N) is 1. The number of hydrogen-bond acceptors (Lipinski definition) is 6. The molecule has 2 amide bonds. The van der Waals surface area contributed by atoms with E-state index in [2.05, 4.69) is 12.2 Å². The number of fused-ring (bicyclic) bond motifs is 1. The summed E-state index contributed by atoms with van der Waals surface area (Å²) >= 11 is 0. The molecular formula is C32H40N4O4. The summed E-state index contributed by atoms with van der Waals surface area (Å²) in [5.74, 6) is 0.272. The second-order valence-corrected chi connectivity index (χ2v) is 11.2. The number of pyridine rings is 1. The fourth-order valence-corrected chi connectivity index (χ4v) is 6.15. The van der Waals surface area contributed by atoms with Gasteiger partial charge in [-0.25, -0.2) is 4.98 Å². The largest absolute Gasteiger partial charge is 0.394 e. The molecule has 8 nitrogen and oxygen atoms in total. The van der Waals surface area contributed by atoms with Gasteiger partial charge in [-0.15, -0.1) is 0 Å². The molecular weight excluding hydrogens is 504 g/mol. The Labute approximate surface area is 236 Å². The molecule has 2 aliphatic rings. The van der Waals surface area contributed by atoms with Gasteiger partial charge in [-0.05, 0) is 31.7 Å². The predicted molar refractivity (Wildman–Crippen MR) is 156 cm³/mol. The number of piperazine rings is 1. The minimum atomic E-state index is -0.952. The maximum Gasteiger partial charge on any atom is 0.252 e. The lowest BCUT2D eigenvalue weighted by molar-refractivity contribution is -0.138. The van der Waals surface area contributed by atoms with Crippen LogP contribution >= 0.6 is 0 Å². The van der Waals surface area contributed by atoms with E-state index >= 15 is 0 Å². The monoisotopic (exact) mass is 544 g/mol. The zero-order chi connectivity index (χ0) is 28.1. The van der Waals surface area contributed by atoms with Crippen LogP contribution in [0.15, 0.2) is 54.6 Å². The van der Waals surface area contributed by atoms with Crippen LogP contribution in [0.2, 0.25) is 0 Å². The average molecular weight is 545 g/mol. The van der Waals surface area contributed by atoms with Gasteiger partial charge in [0.15, 0.2) is 0 Å². The Morgan fingerprint density at radius 3 is 2.50 bits per heavy atom. The van der Waals surface area contributed by atoms with E-state index in [1.54, 1.807) is 4.90 Å². The number of aliphatic hydroxyl groups excluding tert-OH is 2. The lowest BCUT2D eigenvalue weighted by Crippen LogP contribution is -2.52. The van der Waals surface area contributed by atoms with E-state index in [-0.39, 0.29) is 37.6 Å². The number of para-hydroxylation sites is 1. The van der Waals surface area contributed by atoms with E-state index < -0.39 is 6.10 Å². The quantitative estimate of drug-likeness (QED) is 0.380. The molecule has 1 aromatic heterocycles. The van der Waals surface area contributed by atoms with Crippen molar-refractivity contribution in [2.24, 2.45) is 5.92 Å². The number of amides is 2. The normalized spacial score (nSPS) is 18.6. The van der Waals surface area contributed by atoms with Gasteiger partial charge >= 0.3 is 0 Å². The molecule has 3 aromatic rings. The maximum atomic E-state index is 14.1. The van der Waals surface area contributed by atoms with Gasteiger partial charge in [0.1, 0.15) is 0 Å². The molecule has 1 aliphatic heterocycles. The third-order valence-corrected chi connectivity index (χ3v) is 8.40. The summed E-state index contributed by atoms with van der Waals surface area (Å²) < 4.78 is 0. The van der Waals surface area contributed by atoms with E-state index in [1.165, 1.54) is 19.3 Å². The maximum absolute atomic E-state index is 14.1. The molecule has 2 atom stereocenters. The minimum Gasteiger partial charge on any atom is -0.394 e. The van der Waals surface area contributed by atoms with Gasteiger partial charge < -0.3 is 20.4 Å². The van der Waals surface area contributed by atoms with Crippen LogP contribution in [0.4, 0.5) is 0 Å². The molecule has 1 unspecified atom stereocenters. The summed E-state index contributed by atoms with van der Waals surface area (Å²) in [4.78, 5) is 35.8. The highest BCUT2D eigenvalue weighted by Crippen LogP contribution is 2.33. The van der Waals surface area contributed by atoms with Crippen molar-refractivity contribution in [3.63, 3.8) is 0 Å². The van der Waals surface area contributed by atoms with E-state index in [4.69, 9.17) is 4.98 Å². The van der Waals surface area contributed by atoms with Crippen molar-refractivity contribution >= 4 is 22.7 Å². The summed E-state index contributed by atoms with van der Waals surface area (Å²) in [7, 11) is 0. The van der Waals surface area contributed by atoms with Crippen molar-refractivity contribution in [3.8, 4) is 11.3 Å². The minimum absolute atomic E-state index is 0.0656. The highest BCUT2D eigenvalue weighted by atomic mass is 16.3. The highest BCUT2D eigenvalue weighted by molar-refractivity contribution is 6.09. The Morgan fingerprint density at radius 2 is 1.77 bits per heavy atom. The van der Waals surface area contributed by atoms with E-state index in [0.29, 0.717) is 31.1 Å². The fourth-order valence-electron chi connectivity index (χ4n) is 6.15. The lowest BCUT2D eigenvalue weighted by Gasteiger charge is -2.35. The van der Waals surface area contributed by atoms with Crippen LogP contribution in [0.5, 0.6) is 0 Å². The molecule has 5 rings (SSSR count). The molecule has 0 bridgehead atoms. The molecule has 1 saturated heterocycles. The van der Waals surface area contributed by atoms with E-state index in [1.807, 2.05) is 59.5 Å². The number of aromatic nitrogens is 1. The van der Waals surface area contributed by atoms with Crippen molar-refractivity contribution in [1.29, 1.82) is 0 Å². The molecule has 0 radical (unpaired) electrons. The average Bonchev–Trinajstić information content (AvgIpc) is 2.98. The van der Waals surface area contributed by atoms with Crippen LogP contribution in [-0.2, 0) is 11.3 Å². The molecule has 2 fully saturated rings. The summed E-state index contributed by atoms with van der Waals surface area (Å²) in [5.41, 5.74) is 3.88. The van der Waals surface area contributed by atoms with Crippen LogP contribution in [0.3, 0.4) is 0 Å². The van der Waals surface area contributed by atoms with Crippen LogP contribution in [0.1, 0.15) is 54.9 Å². The summed E-state index contributed by atoms with van der Waals surface area (Å²) in [6.07, 6.45) is 5.01. The van der Waals surface area contributed by atoms with Crippen LogP contribution in [0, 0.1) is 5.92 Å². The molecule has 0 spiro atoms. The zero-order valence-corrected chi connectivity index (χ0v) is 23.3. The number of nitrogens with zero attached hydrogens (tertiary/aromatic N) is 3. The Hall–Kier alpha value is -3.33. The summed E-state index contributed by atoms with van der Waals surface area (Å²) in [6, 6.07) is 17.8. The number of rotatable bonds is 9. The zero-order valence-electron chi connectivity index (χ0n) is 23.3. The smallest absolute Gasteiger partial charge is 0.252 e. The first-order valence-corrected chi connectivity index (χ1v) is 14.5. The van der Waals surface area contributed by atoms with Crippen LogP contribution < -0.4 is 5.32 Å². The second kappa shape index (κ2) is 12.9. The Kier molecular flexibility index (Phi) is 9.09. The van der Waals surface area contributed by atoms with Gasteiger partial charge in [0, 0.05) is 48.7 Å². The van der Waals surface area contributed by atoms with Gasteiger partial charge in [-0.3, -0.25) is 14.5 Å². The number of benzene rings is 2. The van der Waals surface area contributed by atoms with Crippen molar-refractivity contribution in [1.82, 2.24) is 20.1 Å². The number of β-amino-alcohol motifs (C(OH)–C–C–N with tert-alkyl or cyclic N) is 1. The Balaban J connectivity index is 1.52. The lowest BCUT2D eigenvalue weighted by atomic mass is 9.84. The first-order chi connectivity index (χ1) is 19.4. The SMILES string of the molecule is C[C@H](NC(=O)c1c(CN2CCN(CC(O)CO)C(=O)C2)c(-c2ccccc2)nc2ccccc12)C1CCCCC1. The van der Waals surface area contributed by atoms with Gasteiger partial charge in [-0.2, -0.15) is 0 Å². The van der Waals surface area contributed by atoms with Gasteiger partial charge in [0.25, 0.3) is 5.91 Å². The van der Waals surface area contributed by atoms with Gasteiger partial charge in [0.2, 0.25) is 5.91 Å². The van der Waals surface area contributed by atoms with Crippen molar-refractivity contribution < 1.29 is 19.8 Å². The van der Waals surface area contributed by atoms with E-state index in [9.17, 15) is 19.8 Å². The molecule has 2 aromatic carbocycles. The predicted octanol–water partition coefficient (Wildman–Crippen LogP) is 3.60. The van der Waals surface area contributed by atoms with Crippen molar-refractivity contribution in [2.75, 3.05) is 32.8 Å². The molecule has 1 saturated carbocycles. The van der Waals surface area contributed by atoms with Gasteiger partial charge in [-0.1, -0.05) is 67.8 Å². The second-order valence-electron chi connectivity index (χ2n) is 11.2. The molecule has 212 valence electrons. The van der Waals surface area contributed by atoms with Crippen molar-refractivity contribution in [2.45, 2.75) is 57.7 Å².